The minimum Gasteiger partial charge on any atom is -0.398 e. The maximum absolute atomic E-state index is 10.8. The zero-order valence-corrected chi connectivity index (χ0v) is 13.5. The molecule has 0 unspecified atom stereocenters. The molecule has 0 spiro atoms. The first-order chi connectivity index (χ1) is 12.2. The maximum atomic E-state index is 10.8. The number of aromatic amines is 1. The van der Waals surface area contributed by atoms with E-state index in [1.807, 2.05) is 0 Å². The van der Waals surface area contributed by atoms with Crippen molar-refractivity contribution in [2.45, 2.75) is 31.0 Å². The van der Waals surface area contributed by atoms with Gasteiger partial charge in [0.25, 0.3) is 0 Å². The highest BCUT2D eigenvalue weighted by Crippen LogP contribution is 2.41. The molecule has 3 aromatic heterocycles. The predicted octanol–water partition coefficient (Wildman–Crippen LogP) is -0.812. The first-order valence-electron chi connectivity index (χ1n) is 8.23. The van der Waals surface area contributed by atoms with Crippen LogP contribution in [0.25, 0.3) is 28.6 Å². The lowest BCUT2D eigenvalue weighted by molar-refractivity contribution is -0.0947. The third-order valence-corrected chi connectivity index (χ3v) is 4.67. The van der Waals surface area contributed by atoms with Crippen molar-refractivity contribution in [1.82, 2.24) is 19.5 Å². The van der Waals surface area contributed by atoms with Crippen LogP contribution < -0.4 is 11.1 Å². The van der Waals surface area contributed by atoms with Gasteiger partial charge in [0.1, 0.15) is 36.8 Å². The van der Waals surface area contributed by atoms with Crippen LogP contribution in [0.2, 0.25) is 0 Å². The molecule has 132 valence electrons. The Bertz CT molecular complexity index is 1080. The van der Waals surface area contributed by atoms with Crippen LogP contribution in [-0.2, 0) is 4.74 Å². The molecule has 0 radical (unpaired) electrons. The average Bonchev–Trinajstić information content (AvgIpc) is 2.99. The summed E-state index contributed by atoms with van der Waals surface area (Å²) in [5.74, 6) is 0. The number of nitrogens with two attached hydrogens (primary N) is 1. The Labute approximate surface area is 143 Å². The van der Waals surface area contributed by atoms with E-state index in [0.717, 1.165) is 0 Å². The van der Waals surface area contributed by atoms with Gasteiger partial charge in [-0.25, -0.2) is 9.97 Å². The van der Waals surface area contributed by atoms with E-state index in [0.29, 0.717) is 33.1 Å². The summed E-state index contributed by atoms with van der Waals surface area (Å²) in [6.45, 7) is 4.80. The minimum atomic E-state index is -1.69. The van der Waals surface area contributed by atoms with Gasteiger partial charge in [-0.3, -0.25) is 0 Å². The molecule has 1 fully saturated rings. The fourth-order valence-corrected chi connectivity index (χ4v) is 3.37. The van der Waals surface area contributed by atoms with Crippen LogP contribution in [0.15, 0.2) is 18.6 Å². The van der Waals surface area contributed by atoms with Gasteiger partial charge < -0.3 is 35.3 Å². The summed E-state index contributed by atoms with van der Waals surface area (Å²) in [5, 5.41) is 32.1. The fourth-order valence-electron chi connectivity index (χ4n) is 3.37. The molecule has 3 aromatic rings. The lowest BCUT2D eigenvalue weighted by Gasteiger charge is -2.27. The van der Waals surface area contributed by atoms with Gasteiger partial charge in [0.05, 0.1) is 12.0 Å². The number of aromatic nitrogens is 4. The Morgan fingerprint density at radius 2 is 2.32 bits per heavy atom. The highest BCUT2D eigenvalue weighted by Gasteiger charge is 2.53. The van der Waals surface area contributed by atoms with Crippen LogP contribution in [0, 0.1) is 0 Å². The molecular formula is C16H19N5O4. The number of nitrogens with zero attached hydrogens (tertiary/aromatic N) is 3. The van der Waals surface area contributed by atoms with Crippen LogP contribution >= 0.6 is 0 Å². The Hall–Kier alpha value is -2.46. The van der Waals surface area contributed by atoms with Crippen molar-refractivity contribution in [1.29, 1.82) is 0 Å². The first kappa shape index (κ1) is 14.8. The summed E-state index contributed by atoms with van der Waals surface area (Å²) in [5.41, 5.74) is 5.54. The van der Waals surface area contributed by atoms with E-state index in [4.69, 9.17) is 11.8 Å². The Balaban J connectivity index is 2.06. The van der Waals surface area contributed by atoms with E-state index in [1.54, 1.807) is 12.3 Å². The van der Waals surface area contributed by atoms with E-state index in [1.165, 1.54) is 11.5 Å². The Kier molecular flexibility index (Phi) is 3.13. The van der Waals surface area contributed by atoms with Crippen LogP contribution in [0.3, 0.4) is 0 Å². The van der Waals surface area contributed by atoms with Gasteiger partial charge in [-0.15, -0.1) is 0 Å². The monoisotopic (exact) mass is 347 g/mol. The fraction of sp³-hybridized carbons (Fsp3) is 0.375. The Morgan fingerprint density at radius 1 is 1.56 bits per heavy atom. The number of hydrogen-bond acceptors (Lipinski definition) is 7. The summed E-state index contributed by atoms with van der Waals surface area (Å²) in [7, 11) is 0. The Morgan fingerprint density at radius 3 is 3.00 bits per heavy atom. The molecule has 0 amide bonds. The van der Waals surface area contributed by atoms with Crippen LogP contribution in [0.5, 0.6) is 0 Å². The van der Waals surface area contributed by atoms with Crippen molar-refractivity contribution in [3.8, 4) is 0 Å². The van der Waals surface area contributed by atoms with Crippen molar-refractivity contribution < 1.29 is 21.4 Å². The molecule has 0 saturated carbocycles. The van der Waals surface area contributed by atoms with Crippen molar-refractivity contribution in [3.63, 3.8) is 0 Å². The summed E-state index contributed by atoms with van der Waals surface area (Å²) in [6.07, 6.45) is -1.90. The van der Waals surface area contributed by atoms with Crippen molar-refractivity contribution in [2.75, 3.05) is 12.3 Å². The highest BCUT2D eigenvalue weighted by molar-refractivity contribution is 6.08. The number of ether oxygens (including phenoxy) is 1. The molecule has 4 rings (SSSR count). The van der Waals surface area contributed by atoms with Gasteiger partial charge >= 0.3 is 0 Å². The number of hydrogen-bond donors (Lipinski definition) is 5. The highest BCUT2D eigenvalue weighted by atomic mass is 16.6. The molecule has 1 aliphatic heterocycles. The molecule has 9 nitrogen and oxygen atoms in total. The summed E-state index contributed by atoms with van der Waals surface area (Å²) in [4.78, 5) is 11.2. The number of nitrogens with one attached hydrogen (secondary N) is 1. The second-order valence-corrected chi connectivity index (χ2v) is 6.45. The van der Waals surface area contributed by atoms with Crippen molar-refractivity contribution in [3.05, 3.63) is 23.9 Å². The lowest BCUT2D eigenvalue weighted by Crippen LogP contribution is -2.44. The van der Waals surface area contributed by atoms with Gasteiger partial charge in [-0.05, 0) is 13.0 Å². The molecule has 6 N–H and O–H groups in total. The minimum absolute atomic E-state index is 0.240. The van der Waals surface area contributed by atoms with E-state index < -0.39 is 30.6 Å². The number of aliphatic hydroxyl groups is 3. The molecule has 0 bridgehead atoms. The molecule has 25 heavy (non-hydrogen) atoms. The number of anilines is 1. The normalized spacial score (nSPS) is 30.2. The van der Waals surface area contributed by atoms with E-state index in [9.17, 15) is 15.3 Å². The molecular weight excluding hydrogens is 326 g/mol. The third kappa shape index (κ3) is 2.17. The second kappa shape index (κ2) is 5.27. The quantitative estimate of drug-likeness (QED) is 0.408. The summed E-state index contributed by atoms with van der Waals surface area (Å²) < 4.78 is 15.1. The van der Waals surface area contributed by atoms with E-state index in [-0.39, 0.29) is 6.30 Å². The van der Waals surface area contributed by atoms with Gasteiger partial charge in [0, 0.05) is 22.6 Å². The van der Waals surface area contributed by atoms with Gasteiger partial charge in [0.2, 0.25) is 0 Å². The summed E-state index contributed by atoms with van der Waals surface area (Å²) >= 11 is 0. The zero-order chi connectivity index (χ0) is 18.8. The SMILES string of the molecule is [3H]c1nc2[nH]c(=C)cc(N)c3cn([C@@H]4O[C@H](CO)[C@@H](O)[C@]4(C)O)c(n1)c23. The largest absolute Gasteiger partial charge is 0.398 e. The number of rotatable bonds is 2. The van der Waals surface area contributed by atoms with Gasteiger partial charge in [-0.1, -0.05) is 6.58 Å². The van der Waals surface area contributed by atoms with Crippen molar-refractivity contribution >= 4 is 34.3 Å². The lowest BCUT2D eigenvalue weighted by atomic mass is 9.96. The second-order valence-electron chi connectivity index (χ2n) is 6.45. The molecule has 0 aromatic carbocycles. The topological polar surface area (TPSA) is 142 Å². The molecule has 4 atom stereocenters. The number of nitrogen functional groups attached to an aromatic ring is 1. The smallest absolute Gasteiger partial charge is 0.167 e. The summed E-state index contributed by atoms with van der Waals surface area (Å²) in [6, 6.07) is 1.63. The van der Waals surface area contributed by atoms with Gasteiger partial charge in [-0.2, -0.15) is 0 Å². The zero-order valence-electron chi connectivity index (χ0n) is 14.5. The van der Waals surface area contributed by atoms with Crippen molar-refractivity contribution in [2.24, 2.45) is 0 Å². The average molecular weight is 347 g/mol. The molecule has 0 aliphatic carbocycles. The molecule has 4 heterocycles. The van der Waals surface area contributed by atoms with Gasteiger partial charge in [0.15, 0.2) is 6.23 Å². The number of H-pyrrole nitrogens is 1. The maximum Gasteiger partial charge on any atom is 0.167 e. The predicted molar refractivity (Wildman–Crippen MR) is 91.0 cm³/mol. The molecule has 1 aliphatic rings. The molecule has 1 saturated heterocycles. The van der Waals surface area contributed by atoms with E-state index in [2.05, 4.69) is 21.5 Å². The molecule has 9 heteroatoms. The van der Waals surface area contributed by atoms with Crippen LogP contribution in [-0.4, -0.2) is 59.3 Å². The van der Waals surface area contributed by atoms with E-state index >= 15 is 0 Å². The third-order valence-electron chi connectivity index (χ3n) is 4.67. The van der Waals surface area contributed by atoms with Crippen LogP contribution in [0.1, 0.15) is 14.5 Å². The number of aliphatic hydroxyl groups excluding tert-OH is 2. The standard InChI is InChI=1S/C16H19N5O4/c1-7-3-9(17)8-4-21(14-11(8)13(20-7)18-6-19-14)15-16(2,24)12(23)10(5-22)25-15/h3-4,6,10,12,15,22-24H,1,5,17H2,2H3,(H,18,19,20)/t10-,12-,15-,16+/m1/s1/i6T. The van der Waals surface area contributed by atoms with Crippen LogP contribution in [0.4, 0.5) is 5.69 Å². The first-order valence-corrected chi connectivity index (χ1v) is 7.73.